The molecule has 3 rings (SSSR count). The zero-order valence-corrected chi connectivity index (χ0v) is 16.0. The van der Waals surface area contributed by atoms with Crippen molar-refractivity contribution in [1.29, 1.82) is 0 Å². The lowest BCUT2D eigenvalue weighted by molar-refractivity contribution is -0.133. The maximum atomic E-state index is 12.5. The smallest absolute Gasteiger partial charge is 0.236 e. The second kappa shape index (κ2) is 7.88. The lowest BCUT2D eigenvalue weighted by Gasteiger charge is -2.33. The number of Topliss-reactive ketones (excluding diaryl/α,β-unsaturated/α-hetero) is 1. The Hall–Kier alpha value is -1.73. The number of hydrogen-bond donors (Lipinski definition) is 0. The molecule has 2 aliphatic rings. The summed E-state index contributed by atoms with van der Waals surface area (Å²) >= 11 is 0. The van der Waals surface area contributed by atoms with Gasteiger partial charge in [-0.2, -0.15) is 0 Å². The number of ketones is 1. The standard InChI is InChI=1S/C19H26N2O4S/c1-20(17-9-12-26(24,25)14-17)18(22)13-21-10-7-16(8-11-21)19(23)15-5-3-2-4-6-15/h2-6,16-17H,7-14H2,1H3/t17-/m1/s1. The second-order valence-corrected chi connectivity index (χ2v) is 9.57. The quantitative estimate of drug-likeness (QED) is 0.721. The molecule has 26 heavy (non-hydrogen) atoms. The molecular weight excluding hydrogens is 352 g/mol. The fourth-order valence-electron chi connectivity index (χ4n) is 3.78. The van der Waals surface area contributed by atoms with Crippen molar-refractivity contribution in [1.82, 2.24) is 9.80 Å². The Bertz CT molecular complexity index is 755. The van der Waals surface area contributed by atoms with E-state index in [0.717, 1.165) is 18.4 Å². The summed E-state index contributed by atoms with van der Waals surface area (Å²) in [5.74, 6) is 0.400. The van der Waals surface area contributed by atoms with Gasteiger partial charge < -0.3 is 4.90 Å². The topological polar surface area (TPSA) is 74.8 Å². The van der Waals surface area contributed by atoms with E-state index in [1.807, 2.05) is 30.3 Å². The Morgan fingerprint density at radius 1 is 1.12 bits per heavy atom. The fraction of sp³-hybridized carbons (Fsp3) is 0.579. The first-order valence-corrected chi connectivity index (χ1v) is 11.0. The lowest BCUT2D eigenvalue weighted by atomic mass is 9.89. The van der Waals surface area contributed by atoms with Crippen LogP contribution in [0.3, 0.4) is 0 Å². The van der Waals surface area contributed by atoms with Crippen molar-refractivity contribution in [2.45, 2.75) is 25.3 Å². The van der Waals surface area contributed by atoms with Crippen LogP contribution < -0.4 is 0 Å². The molecule has 0 bridgehead atoms. The molecule has 0 saturated carbocycles. The average Bonchev–Trinajstić information content (AvgIpc) is 3.01. The molecule has 0 N–H and O–H groups in total. The number of sulfone groups is 1. The van der Waals surface area contributed by atoms with Gasteiger partial charge in [0.05, 0.1) is 18.1 Å². The first-order chi connectivity index (χ1) is 12.4. The van der Waals surface area contributed by atoms with Crippen LogP contribution in [0.25, 0.3) is 0 Å². The normalized spacial score (nSPS) is 23.7. The molecule has 1 atom stereocenters. The van der Waals surface area contributed by atoms with Gasteiger partial charge in [0.15, 0.2) is 15.6 Å². The van der Waals surface area contributed by atoms with Gasteiger partial charge >= 0.3 is 0 Å². The van der Waals surface area contributed by atoms with Crippen LogP contribution in [-0.4, -0.2) is 74.1 Å². The summed E-state index contributed by atoms with van der Waals surface area (Å²) in [6.07, 6.45) is 2.03. The van der Waals surface area contributed by atoms with E-state index >= 15 is 0 Å². The van der Waals surface area contributed by atoms with Gasteiger partial charge in [-0.15, -0.1) is 0 Å². The minimum atomic E-state index is -3.00. The van der Waals surface area contributed by atoms with Gasteiger partial charge in [-0.05, 0) is 32.4 Å². The SMILES string of the molecule is CN(C(=O)CN1CCC(C(=O)c2ccccc2)CC1)[C@@H]1CCS(=O)(=O)C1. The number of likely N-dealkylation sites (tertiary alicyclic amines) is 1. The van der Waals surface area contributed by atoms with Crippen molar-refractivity contribution >= 4 is 21.5 Å². The number of amides is 1. The Labute approximate surface area is 155 Å². The van der Waals surface area contributed by atoms with Crippen molar-refractivity contribution in [2.24, 2.45) is 5.92 Å². The summed E-state index contributed by atoms with van der Waals surface area (Å²) in [4.78, 5) is 28.6. The minimum absolute atomic E-state index is 0.0152. The maximum Gasteiger partial charge on any atom is 0.236 e. The number of nitrogens with zero attached hydrogens (tertiary/aromatic N) is 2. The van der Waals surface area contributed by atoms with Gasteiger partial charge in [0.1, 0.15) is 0 Å². The van der Waals surface area contributed by atoms with Crippen LogP contribution in [0.2, 0.25) is 0 Å². The number of hydrogen-bond acceptors (Lipinski definition) is 5. The molecule has 0 radical (unpaired) electrons. The van der Waals surface area contributed by atoms with Gasteiger partial charge in [0, 0.05) is 24.6 Å². The van der Waals surface area contributed by atoms with E-state index < -0.39 is 9.84 Å². The third-order valence-electron chi connectivity index (χ3n) is 5.53. The molecule has 0 unspecified atom stereocenters. The van der Waals surface area contributed by atoms with E-state index in [2.05, 4.69) is 4.90 Å². The zero-order valence-electron chi connectivity index (χ0n) is 15.1. The van der Waals surface area contributed by atoms with E-state index in [0.29, 0.717) is 26.1 Å². The predicted octanol–water partition coefficient (Wildman–Crippen LogP) is 1.23. The molecule has 1 aromatic carbocycles. The van der Waals surface area contributed by atoms with Crippen LogP contribution in [0.15, 0.2) is 30.3 Å². The van der Waals surface area contributed by atoms with Gasteiger partial charge in [0.2, 0.25) is 5.91 Å². The summed E-state index contributed by atoms with van der Waals surface area (Å²) in [6, 6.07) is 9.15. The minimum Gasteiger partial charge on any atom is -0.341 e. The zero-order chi connectivity index (χ0) is 18.7. The van der Waals surface area contributed by atoms with Crippen LogP contribution in [0.1, 0.15) is 29.6 Å². The Balaban J connectivity index is 1.48. The fourth-order valence-corrected chi connectivity index (χ4v) is 5.55. The van der Waals surface area contributed by atoms with E-state index in [1.165, 1.54) is 0 Å². The summed E-state index contributed by atoms with van der Waals surface area (Å²) in [5.41, 5.74) is 0.754. The first-order valence-electron chi connectivity index (χ1n) is 9.13. The highest BCUT2D eigenvalue weighted by Gasteiger charge is 2.33. The molecule has 2 heterocycles. The van der Waals surface area contributed by atoms with Crippen molar-refractivity contribution < 1.29 is 18.0 Å². The highest BCUT2D eigenvalue weighted by Crippen LogP contribution is 2.22. The molecule has 7 heteroatoms. The monoisotopic (exact) mass is 378 g/mol. The molecule has 2 fully saturated rings. The van der Waals surface area contributed by atoms with Crippen LogP contribution >= 0.6 is 0 Å². The molecule has 1 amide bonds. The molecular formula is C19H26N2O4S. The lowest BCUT2D eigenvalue weighted by Crippen LogP contribution is -2.46. The molecule has 6 nitrogen and oxygen atoms in total. The van der Waals surface area contributed by atoms with Crippen LogP contribution in [-0.2, 0) is 14.6 Å². The molecule has 0 aliphatic carbocycles. The molecule has 142 valence electrons. The number of rotatable bonds is 5. The molecule has 0 spiro atoms. The van der Waals surface area contributed by atoms with Crippen LogP contribution in [0, 0.1) is 5.92 Å². The first kappa shape index (κ1) is 19.0. The summed E-state index contributed by atoms with van der Waals surface area (Å²) in [6.45, 7) is 1.72. The van der Waals surface area contributed by atoms with E-state index in [-0.39, 0.29) is 35.2 Å². The van der Waals surface area contributed by atoms with Crippen molar-refractivity contribution in [3.8, 4) is 0 Å². The summed E-state index contributed by atoms with van der Waals surface area (Å²) < 4.78 is 23.2. The number of likely N-dealkylation sites (N-methyl/N-ethyl adjacent to an activating group) is 1. The van der Waals surface area contributed by atoms with Gasteiger partial charge in [-0.1, -0.05) is 30.3 Å². The highest BCUT2D eigenvalue weighted by molar-refractivity contribution is 7.91. The van der Waals surface area contributed by atoms with Gasteiger partial charge in [-0.25, -0.2) is 8.42 Å². The summed E-state index contributed by atoms with van der Waals surface area (Å²) in [5, 5.41) is 0. The Kier molecular flexibility index (Phi) is 5.77. The van der Waals surface area contributed by atoms with Crippen molar-refractivity contribution in [2.75, 3.05) is 38.2 Å². The largest absolute Gasteiger partial charge is 0.341 e. The Morgan fingerprint density at radius 2 is 1.77 bits per heavy atom. The maximum absolute atomic E-state index is 12.5. The number of piperidine rings is 1. The number of benzene rings is 1. The van der Waals surface area contributed by atoms with Crippen molar-refractivity contribution in [3.63, 3.8) is 0 Å². The highest BCUT2D eigenvalue weighted by atomic mass is 32.2. The summed E-state index contributed by atoms with van der Waals surface area (Å²) in [7, 11) is -1.30. The van der Waals surface area contributed by atoms with E-state index in [4.69, 9.17) is 0 Å². The average molecular weight is 378 g/mol. The van der Waals surface area contributed by atoms with Gasteiger partial charge in [0.25, 0.3) is 0 Å². The van der Waals surface area contributed by atoms with E-state index in [1.54, 1.807) is 11.9 Å². The number of carbonyl (C=O) groups excluding carboxylic acids is 2. The van der Waals surface area contributed by atoms with Gasteiger partial charge in [-0.3, -0.25) is 14.5 Å². The van der Waals surface area contributed by atoms with Crippen molar-refractivity contribution in [3.05, 3.63) is 35.9 Å². The predicted molar refractivity (Wildman–Crippen MR) is 99.8 cm³/mol. The third kappa shape index (κ3) is 4.51. The number of carbonyl (C=O) groups is 2. The van der Waals surface area contributed by atoms with Crippen LogP contribution in [0.5, 0.6) is 0 Å². The molecule has 0 aromatic heterocycles. The second-order valence-electron chi connectivity index (χ2n) is 7.34. The van der Waals surface area contributed by atoms with E-state index in [9.17, 15) is 18.0 Å². The third-order valence-corrected chi connectivity index (χ3v) is 7.28. The molecule has 1 aromatic rings. The molecule has 2 aliphatic heterocycles. The molecule has 2 saturated heterocycles. The van der Waals surface area contributed by atoms with Crippen LogP contribution in [0.4, 0.5) is 0 Å². The Morgan fingerprint density at radius 3 is 2.35 bits per heavy atom.